The second-order valence-electron chi connectivity index (χ2n) is 6.28. The Morgan fingerprint density at radius 3 is 2.58 bits per heavy atom. The van der Waals surface area contributed by atoms with E-state index in [0.717, 1.165) is 5.92 Å². The highest BCUT2D eigenvalue weighted by Gasteiger charge is 2.29. The van der Waals surface area contributed by atoms with Gasteiger partial charge in [-0.1, -0.05) is 30.3 Å². The lowest BCUT2D eigenvalue weighted by Crippen LogP contribution is -2.40. The fourth-order valence-electron chi connectivity index (χ4n) is 3.16. The number of nitrogens with one attached hydrogen (secondary N) is 1. The van der Waals surface area contributed by atoms with E-state index in [0.29, 0.717) is 12.1 Å². The highest BCUT2D eigenvalue weighted by molar-refractivity contribution is 5.18. The third-order valence-corrected chi connectivity index (χ3v) is 4.64. The van der Waals surface area contributed by atoms with Crippen molar-refractivity contribution in [2.75, 3.05) is 19.6 Å². The first-order chi connectivity index (χ1) is 9.33. The van der Waals surface area contributed by atoms with Crippen LogP contribution in [-0.4, -0.2) is 30.6 Å². The summed E-state index contributed by atoms with van der Waals surface area (Å²) in [6.07, 6.45) is 5.58. The van der Waals surface area contributed by atoms with Gasteiger partial charge in [-0.05, 0) is 50.6 Å². The van der Waals surface area contributed by atoms with Gasteiger partial charge in [-0.2, -0.15) is 0 Å². The maximum atomic E-state index is 3.65. The molecule has 0 spiro atoms. The minimum Gasteiger partial charge on any atom is -0.313 e. The third kappa shape index (κ3) is 3.58. The lowest BCUT2D eigenvalue weighted by molar-refractivity contribution is 0.184. The summed E-state index contributed by atoms with van der Waals surface area (Å²) in [5, 5.41) is 3.65. The molecular formula is C17H26N2. The molecule has 104 valence electrons. The van der Waals surface area contributed by atoms with Gasteiger partial charge in [0.2, 0.25) is 0 Å². The van der Waals surface area contributed by atoms with Crippen molar-refractivity contribution in [3.05, 3.63) is 35.9 Å². The van der Waals surface area contributed by atoms with Gasteiger partial charge in [-0.15, -0.1) is 0 Å². The molecule has 1 aliphatic carbocycles. The quantitative estimate of drug-likeness (QED) is 0.843. The van der Waals surface area contributed by atoms with Crippen LogP contribution in [0.4, 0.5) is 0 Å². The van der Waals surface area contributed by atoms with Gasteiger partial charge >= 0.3 is 0 Å². The Hall–Kier alpha value is -0.860. The van der Waals surface area contributed by atoms with Crippen molar-refractivity contribution in [2.24, 2.45) is 5.92 Å². The number of benzene rings is 1. The van der Waals surface area contributed by atoms with E-state index in [9.17, 15) is 0 Å². The highest BCUT2D eigenvalue weighted by Crippen LogP contribution is 2.33. The van der Waals surface area contributed by atoms with Crippen LogP contribution in [0.25, 0.3) is 0 Å². The van der Waals surface area contributed by atoms with E-state index in [1.807, 2.05) is 0 Å². The first-order valence-electron chi connectivity index (χ1n) is 7.85. The van der Waals surface area contributed by atoms with Gasteiger partial charge in [0.15, 0.2) is 0 Å². The Bertz CT molecular complexity index is 380. The lowest BCUT2D eigenvalue weighted by Gasteiger charge is -2.32. The summed E-state index contributed by atoms with van der Waals surface area (Å²) in [5.74, 6) is 0.965. The molecule has 0 aromatic heterocycles. The summed E-state index contributed by atoms with van der Waals surface area (Å²) in [4.78, 5) is 2.70. The van der Waals surface area contributed by atoms with Crippen molar-refractivity contribution < 1.29 is 0 Å². The van der Waals surface area contributed by atoms with Crippen molar-refractivity contribution in [3.8, 4) is 0 Å². The van der Waals surface area contributed by atoms with Gasteiger partial charge in [0.05, 0.1) is 0 Å². The molecule has 3 rings (SSSR count). The summed E-state index contributed by atoms with van der Waals surface area (Å²) in [6, 6.07) is 12.2. The fraction of sp³-hybridized carbons (Fsp3) is 0.647. The Kier molecular flexibility index (Phi) is 4.19. The molecule has 2 fully saturated rings. The molecule has 1 heterocycles. The number of rotatable bonds is 6. The molecule has 1 N–H and O–H groups in total. The fourth-order valence-corrected chi connectivity index (χ4v) is 3.16. The van der Waals surface area contributed by atoms with Crippen molar-refractivity contribution in [1.29, 1.82) is 0 Å². The minimum atomic E-state index is 0.546. The summed E-state index contributed by atoms with van der Waals surface area (Å²) < 4.78 is 0. The number of nitrogens with zero attached hydrogens (tertiary/aromatic N) is 1. The van der Waals surface area contributed by atoms with E-state index in [-0.39, 0.29) is 0 Å². The molecule has 1 aliphatic heterocycles. The molecular weight excluding hydrogens is 232 g/mol. The molecule has 0 bridgehead atoms. The molecule has 1 saturated heterocycles. The molecule has 1 saturated carbocycles. The molecule has 0 amide bonds. The average Bonchev–Trinajstić information content (AvgIpc) is 3.12. The van der Waals surface area contributed by atoms with Gasteiger partial charge < -0.3 is 5.32 Å². The zero-order valence-electron chi connectivity index (χ0n) is 12.0. The first kappa shape index (κ1) is 13.1. The zero-order chi connectivity index (χ0) is 13.1. The molecule has 2 atom stereocenters. The summed E-state index contributed by atoms with van der Waals surface area (Å²) in [7, 11) is 0. The minimum absolute atomic E-state index is 0.546. The van der Waals surface area contributed by atoms with Crippen molar-refractivity contribution in [2.45, 2.75) is 44.7 Å². The maximum absolute atomic E-state index is 3.65. The van der Waals surface area contributed by atoms with Crippen LogP contribution in [0.15, 0.2) is 30.3 Å². The smallest absolute Gasteiger partial charge is 0.0320 e. The van der Waals surface area contributed by atoms with Crippen LogP contribution in [0, 0.1) is 5.92 Å². The van der Waals surface area contributed by atoms with E-state index in [4.69, 9.17) is 0 Å². The predicted molar refractivity (Wildman–Crippen MR) is 80.2 cm³/mol. The van der Waals surface area contributed by atoms with Crippen LogP contribution in [0.3, 0.4) is 0 Å². The Labute approximate surface area is 117 Å². The van der Waals surface area contributed by atoms with Gasteiger partial charge in [0.25, 0.3) is 0 Å². The Balaban J connectivity index is 1.66. The molecule has 1 aromatic rings. The molecule has 0 radical (unpaired) electrons. The van der Waals surface area contributed by atoms with Crippen LogP contribution >= 0.6 is 0 Å². The van der Waals surface area contributed by atoms with E-state index >= 15 is 0 Å². The van der Waals surface area contributed by atoms with Crippen LogP contribution in [0.1, 0.15) is 44.2 Å². The molecule has 2 heteroatoms. The van der Waals surface area contributed by atoms with Crippen LogP contribution < -0.4 is 5.32 Å². The number of hydrogen-bond donors (Lipinski definition) is 1. The van der Waals surface area contributed by atoms with Gasteiger partial charge in [0, 0.05) is 25.2 Å². The normalized spacial score (nSPS) is 24.8. The van der Waals surface area contributed by atoms with Crippen LogP contribution in [0.2, 0.25) is 0 Å². The third-order valence-electron chi connectivity index (χ3n) is 4.64. The lowest BCUT2D eigenvalue weighted by atomic mass is 10.1. The summed E-state index contributed by atoms with van der Waals surface area (Å²) >= 11 is 0. The topological polar surface area (TPSA) is 15.3 Å². The van der Waals surface area contributed by atoms with Crippen LogP contribution in [0.5, 0.6) is 0 Å². The van der Waals surface area contributed by atoms with Crippen LogP contribution in [-0.2, 0) is 0 Å². The second kappa shape index (κ2) is 6.06. The van der Waals surface area contributed by atoms with Crippen molar-refractivity contribution in [3.63, 3.8) is 0 Å². The molecule has 2 aliphatic rings. The second-order valence-corrected chi connectivity index (χ2v) is 6.28. The van der Waals surface area contributed by atoms with Gasteiger partial charge in [0.1, 0.15) is 0 Å². The van der Waals surface area contributed by atoms with Gasteiger partial charge in [-0.3, -0.25) is 4.90 Å². The maximum Gasteiger partial charge on any atom is 0.0320 e. The average molecular weight is 258 g/mol. The summed E-state index contributed by atoms with van der Waals surface area (Å²) in [6.45, 7) is 6.08. The number of hydrogen-bond acceptors (Lipinski definition) is 2. The highest BCUT2D eigenvalue weighted by atomic mass is 15.2. The Morgan fingerprint density at radius 1 is 1.16 bits per heavy atom. The van der Waals surface area contributed by atoms with Crippen molar-refractivity contribution >= 4 is 0 Å². The Morgan fingerprint density at radius 2 is 1.95 bits per heavy atom. The van der Waals surface area contributed by atoms with E-state index in [1.165, 1.54) is 50.9 Å². The zero-order valence-corrected chi connectivity index (χ0v) is 12.0. The largest absolute Gasteiger partial charge is 0.313 e. The van der Waals surface area contributed by atoms with E-state index < -0.39 is 0 Å². The van der Waals surface area contributed by atoms with E-state index in [2.05, 4.69) is 47.5 Å². The predicted octanol–water partition coefficient (Wildman–Crippen LogP) is 3.21. The van der Waals surface area contributed by atoms with Gasteiger partial charge in [-0.25, -0.2) is 0 Å². The monoisotopic (exact) mass is 258 g/mol. The first-order valence-corrected chi connectivity index (χ1v) is 7.85. The SMILES string of the molecule is C[C@@H](c1ccccc1)N(CC1CC1)C[C@@H]1CCCN1. The molecule has 1 aromatic carbocycles. The molecule has 2 nitrogen and oxygen atoms in total. The molecule has 19 heavy (non-hydrogen) atoms. The summed E-state index contributed by atoms with van der Waals surface area (Å²) in [5.41, 5.74) is 1.46. The molecule has 0 unspecified atom stereocenters. The van der Waals surface area contributed by atoms with Crippen molar-refractivity contribution in [1.82, 2.24) is 10.2 Å². The standard InChI is InChI=1S/C17H26N2/c1-14(16-6-3-2-4-7-16)19(12-15-9-10-15)13-17-8-5-11-18-17/h2-4,6-7,14-15,17-18H,5,8-13H2,1H3/t14-,17-/m0/s1. The van der Waals surface area contributed by atoms with E-state index in [1.54, 1.807) is 0 Å².